The van der Waals surface area contributed by atoms with Crippen molar-refractivity contribution in [3.63, 3.8) is 0 Å². The number of Topliss-reactive ketones (excluding diaryl/α,β-unsaturated/α-hetero) is 1. The van der Waals surface area contributed by atoms with Gasteiger partial charge < -0.3 is 15.2 Å². The fraction of sp³-hybridized carbons (Fsp3) is 0.300. The second-order valence-electron chi connectivity index (χ2n) is 2.85. The maximum Gasteiger partial charge on any atom is 0.163 e. The maximum absolute atomic E-state index is 11.2. The number of carbonyl (C=O) groups excluding carboxylic acids is 1. The van der Waals surface area contributed by atoms with E-state index in [-0.39, 0.29) is 5.78 Å². The molecule has 0 bridgehead atoms. The number of nitrogens with two attached hydrogens (primary N) is 1. The number of benzene rings is 1. The fourth-order valence-electron chi connectivity index (χ4n) is 1.20. The predicted octanol–water partition coefficient (Wildman–Crippen LogP) is 1.49. The van der Waals surface area contributed by atoms with Crippen LogP contribution < -0.4 is 15.2 Å². The van der Waals surface area contributed by atoms with Gasteiger partial charge in [0.05, 0.1) is 25.5 Å². The monoisotopic (exact) mass is 195 g/mol. The molecule has 0 unspecified atom stereocenters. The third-order valence-electron chi connectivity index (χ3n) is 1.93. The molecule has 0 saturated heterocycles. The van der Waals surface area contributed by atoms with Gasteiger partial charge in [0, 0.05) is 6.07 Å². The van der Waals surface area contributed by atoms with E-state index in [0.717, 1.165) is 0 Å². The van der Waals surface area contributed by atoms with Crippen LogP contribution in [0.4, 0.5) is 5.69 Å². The molecule has 4 heteroatoms. The Morgan fingerprint density at radius 3 is 2.21 bits per heavy atom. The number of nitrogen functional groups attached to an aromatic ring is 1. The van der Waals surface area contributed by atoms with Crippen molar-refractivity contribution < 1.29 is 14.3 Å². The minimum absolute atomic E-state index is 0.0868. The maximum atomic E-state index is 11.2. The first kappa shape index (κ1) is 10.4. The van der Waals surface area contributed by atoms with Gasteiger partial charge in [-0.1, -0.05) is 0 Å². The quantitative estimate of drug-likeness (QED) is 0.586. The fourth-order valence-corrected chi connectivity index (χ4v) is 1.20. The van der Waals surface area contributed by atoms with Crippen molar-refractivity contribution in [1.82, 2.24) is 0 Å². The summed E-state index contributed by atoms with van der Waals surface area (Å²) in [6, 6.07) is 3.16. The minimum atomic E-state index is -0.0868. The molecule has 1 rings (SSSR count). The van der Waals surface area contributed by atoms with E-state index in [4.69, 9.17) is 15.2 Å². The lowest BCUT2D eigenvalue weighted by Gasteiger charge is -2.10. The van der Waals surface area contributed by atoms with Crippen LogP contribution in [-0.4, -0.2) is 20.0 Å². The van der Waals surface area contributed by atoms with Crippen LogP contribution in [0.25, 0.3) is 0 Å². The van der Waals surface area contributed by atoms with E-state index in [1.807, 2.05) is 0 Å². The summed E-state index contributed by atoms with van der Waals surface area (Å²) in [4.78, 5) is 11.2. The summed E-state index contributed by atoms with van der Waals surface area (Å²) in [6.45, 7) is 1.46. The number of hydrogen-bond donors (Lipinski definition) is 1. The number of anilines is 1. The van der Waals surface area contributed by atoms with E-state index in [1.54, 1.807) is 12.1 Å². The molecule has 2 N–H and O–H groups in total. The number of rotatable bonds is 3. The van der Waals surface area contributed by atoms with Gasteiger partial charge in [0.1, 0.15) is 11.5 Å². The molecule has 1 aromatic rings. The molecule has 0 aliphatic carbocycles. The normalized spacial score (nSPS) is 9.64. The van der Waals surface area contributed by atoms with Crippen LogP contribution in [0.1, 0.15) is 17.3 Å². The van der Waals surface area contributed by atoms with Crippen molar-refractivity contribution in [3.8, 4) is 11.5 Å². The van der Waals surface area contributed by atoms with Crippen LogP contribution >= 0.6 is 0 Å². The van der Waals surface area contributed by atoms with Gasteiger partial charge >= 0.3 is 0 Å². The van der Waals surface area contributed by atoms with E-state index in [2.05, 4.69) is 0 Å². The molecule has 0 aliphatic rings. The number of methoxy groups -OCH3 is 2. The Labute approximate surface area is 82.6 Å². The Bertz CT molecular complexity index is 361. The molecule has 0 saturated carbocycles. The Morgan fingerprint density at radius 2 is 1.79 bits per heavy atom. The van der Waals surface area contributed by atoms with Crippen molar-refractivity contribution >= 4 is 11.5 Å². The predicted molar refractivity (Wildman–Crippen MR) is 54.0 cm³/mol. The van der Waals surface area contributed by atoms with Crippen LogP contribution in [0.3, 0.4) is 0 Å². The smallest absolute Gasteiger partial charge is 0.163 e. The minimum Gasteiger partial charge on any atom is -0.496 e. The third-order valence-corrected chi connectivity index (χ3v) is 1.93. The topological polar surface area (TPSA) is 61.5 Å². The highest BCUT2D eigenvalue weighted by Gasteiger charge is 2.11. The zero-order chi connectivity index (χ0) is 10.7. The molecule has 0 aliphatic heterocycles. The lowest BCUT2D eigenvalue weighted by atomic mass is 10.1. The van der Waals surface area contributed by atoms with E-state index < -0.39 is 0 Å². The Kier molecular flexibility index (Phi) is 2.96. The average molecular weight is 195 g/mol. The van der Waals surface area contributed by atoms with Gasteiger partial charge in [0.2, 0.25) is 0 Å². The second kappa shape index (κ2) is 4.00. The SMILES string of the molecule is COc1cc(OC)c(C(C)=O)cc1N. The molecule has 0 amide bonds. The molecule has 14 heavy (non-hydrogen) atoms. The molecule has 0 spiro atoms. The van der Waals surface area contributed by atoms with Crippen LogP contribution in [-0.2, 0) is 0 Å². The van der Waals surface area contributed by atoms with Crippen LogP contribution in [0, 0.1) is 0 Å². The summed E-state index contributed by atoms with van der Waals surface area (Å²) in [5, 5.41) is 0. The molecule has 0 atom stereocenters. The highest BCUT2D eigenvalue weighted by molar-refractivity contribution is 5.98. The summed E-state index contributed by atoms with van der Waals surface area (Å²) in [5.41, 5.74) is 6.55. The molecule has 0 aromatic heterocycles. The van der Waals surface area contributed by atoms with E-state index in [1.165, 1.54) is 21.1 Å². The van der Waals surface area contributed by atoms with Crippen molar-refractivity contribution in [3.05, 3.63) is 17.7 Å². The molecule has 0 radical (unpaired) electrons. The highest BCUT2D eigenvalue weighted by atomic mass is 16.5. The van der Waals surface area contributed by atoms with Crippen LogP contribution in [0.2, 0.25) is 0 Å². The van der Waals surface area contributed by atoms with Crippen molar-refractivity contribution in [1.29, 1.82) is 0 Å². The van der Waals surface area contributed by atoms with Gasteiger partial charge in [-0.2, -0.15) is 0 Å². The average Bonchev–Trinajstić information content (AvgIpc) is 2.17. The van der Waals surface area contributed by atoms with Crippen LogP contribution in [0.5, 0.6) is 11.5 Å². The summed E-state index contributed by atoms with van der Waals surface area (Å²) in [7, 11) is 3.01. The van der Waals surface area contributed by atoms with Gasteiger partial charge in [-0.15, -0.1) is 0 Å². The van der Waals surface area contributed by atoms with E-state index >= 15 is 0 Å². The van der Waals surface area contributed by atoms with Gasteiger partial charge in [0.25, 0.3) is 0 Å². The number of hydrogen-bond acceptors (Lipinski definition) is 4. The molecular weight excluding hydrogens is 182 g/mol. The largest absolute Gasteiger partial charge is 0.496 e. The zero-order valence-corrected chi connectivity index (χ0v) is 8.46. The number of ether oxygens (including phenoxy) is 2. The summed E-state index contributed by atoms with van der Waals surface area (Å²) >= 11 is 0. The number of carbonyl (C=O) groups is 1. The van der Waals surface area contributed by atoms with Gasteiger partial charge in [-0.25, -0.2) is 0 Å². The lowest BCUT2D eigenvalue weighted by Crippen LogP contribution is -2.01. The second-order valence-corrected chi connectivity index (χ2v) is 2.85. The van der Waals surface area contributed by atoms with Crippen molar-refractivity contribution in [2.24, 2.45) is 0 Å². The first-order valence-corrected chi connectivity index (χ1v) is 4.12. The first-order valence-electron chi connectivity index (χ1n) is 4.12. The highest BCUT2D eigenvalue weighted by Crippen LogP contribution is 2.30. The van der Waals surface area contributed by atoms with Crippen LogP contribution in [0.15, 0.2) is 12.1 Å². The van der Waals surface area contributed by atoms with Gasteiger partial charge in [-0.3, -0.25) is 4.79 Å². The summed E-state index contributed by atoms with van der Waals surface area (Å²) in [6.07, 6.45) is 0. The Hall–Kier alpha value is -1.71. The molecule has 0 heterocycles. The Morgan fingerprint density at radius 1 is 1.21 bits per heavy atom. The molecule has 76 valence electrons. The molecule has 0 fully saturated rings. The summed E-state index contributed by atoms with van der Waals surface area (Å²) < 4.78 is 10.1. The van der Waals surface area contributed by atoms with Gasteiger partial charge in [0.15, 0.2) is 5.78 Å². The van der Waals surface area contributed by atoms with Crippen molar-refractivity contribution in [2.45, 2.75) is 6.92 Å². The third kappa shape index (κ3) is 1.79. The zero-order valence-electron chi connectivity index (χ0n) is 8.46. The van der Waals surface area contributed by atoms with Gasteiger partial charge in [-0.05, 0) is 13.0 Å². The Balaban J connectivity index is 3.31. The molecular formula is C10H13NO3. The first-order chi connectivity index (χ1) is 6.60. The van der Waals surface area contributed by atoms with E-state index in [9.17, 15) is 4.79 Å². The molecule has 4 nitrogen and oxygen atoms in total. The number of ketones is 1. The van der Waals surface area contributed by atoms with Crippen molar-refractivity contribution in [2.75, 3.05) is 20.0 Å². The lowest BCUT2D eigenvalue weighted by molar-refractivity contribution is 0.101. The standard InChI is InChI=1S/C10H13NO3/c1-6(12)7-4-8(11)10(14-3)5-9(7)13-2/h4-5H,11H2,1-3H3. The summed E-state index contributed by atoms with van der Waals surface area (Å²) in [5.74, 6) is 0.895. The van der Waals surface area contributed by atoms with E-state index in [0.29, 0.717) is 22.7 Å². The molecule has 1 aromatic carbocycles.